The molecule has 25 heavy (non-hydrogen) atoms. The Bertz CT molecular complexity index is 840. The van der Waals surface area contributed by atoms with E-state index in [0.717, 1.165) is 16.2 Å². The highest BCUT2D eigenvalue weighted by Crippen LogP contribution is 2.33. The van der Waals surface area contributed by atoms with Crippen molar-refractivity contribution in [2.24, 2.45) is 0 Å². The molecule has 0 bridgehead atoms. The number of rotatable bonds is 6. The molecule has 3 N–H and O–H groups in total. The maximum atomic E-state index is 12.2. The number of amides is 1. The zero-order valence-corrected chi connectivity index (χ0v) is 15.4. The van der Waals surface area contributed by atoms with E-state index >= 15 is 0 Å². The standard InChI is InChI=1S/C17H17N3O3S2/c1-3-23-17(22)15-10(2)11(8-18)16(25-15)20-14(21)9-24-13-7-5-4-6-12(13)19/h4-7H,3,9,19H2,1-2H3,(H,20,21). The highest BCUT2D eigenvalue weighted by molar-refractivity contribution is 8.00. The summed E-state index contributed by atoms with van der Waals surface area (Å²) in [5.74, 6) is -0.625. The first-order valence-electron chi connectivity index (χ1n) is 7.45. The zero-order chi connectivity index (χ0) is 18.4. The van der Waals surface area contributed by atoms with Gasteiger partial charge in [0.2, 0.25) is 5.91 Å². The molecule has 2 aromatic rings. The van der Waals surface area contributed by atoms with Crippen LogP contribution in [-0.4, -0.2) is 24.2 Å². The maximum Gasteiger partial charge on any atom is 0.348 e. The Morgan fingerprint density at radius 3 is 2.76 bits per heavy atom. The fourth-order valence-corrected chi connectivity index (χ4v) is 3.88. The van der Waals surface area contributed by atoms with Gasteiger partial charge >= 0.3 is 5.97 Å². The molecule has 0 aliphatic carbocycles. The summed E-state index contributed by atoms with van der Waals surface area (Å²) in [5.41, 5.74) is 7.25. The molecule has 0 fully saturated rings. The molecule has 8 heteroatoms. The Morgan fingerprint density at radius 1 is 1.40 bits per heavy atom. The monoisotopic (exact) mass is 375 g/mol. The number of nitriles is 1. The van der Waals surface area contributed by atoms with Crippen molar-refractivity contribution in [1.82, 2.24) is 0 Å². The van der Waals surface area contributed by atoms with Crippen LogP contribution in [0.2, 0.25) is 0 Å². The molecule has 0 spiro atoms. The second kappa shape index (κ2) is 8.55. The molecule has 1 amide bonds. The minimum absolute atomic E-state index is 0.144. The first-order chi connectivity index (χ1) is 12.0. The molecule has 2 rings (SSSR count). The Kier molecular flexibility index (Phi) is 6.44. The summed E-state index contributed by atoms with van der Waals surface area (Å²) >= 11 is 2.36. The predicted molar refractivity (Wildman–Crippen MR) is 99.9 cm³/mol. The molecule has 0 atom stereocenters. The molecular weight excluding hydrogens is 358 g/mol. The van der Waals surface area contributed by atoms with E-state index in [-0.39, 0.29) is 23.8 Å². The molecule has 0 saturated carbocycles. The molecule has 1 aromatic heterocycles. The molecule has 0 saturated heterocycles. The third kappa shape index (κ3) is 4.53. The van der Waals surface area contributed by atoms with E-state index in [1.54, 1.807) is 19.9 Å². The summed E-state index contributed by atoms with van der Waals surface area (Å²) < 4.78 is 4.98. The second-order valence-electron chi connectivity index (χ2n) is 4.97. The Labute approximate surface area is 154 Å². The molecule has 0 radical (unpaired) electrons. The van der Waals surface area contributed by atoms with Gasteiger partial charge in [-0.25, -0.2) is 4.79 Å². The number of nitrogens with two attached hydrogens (primary N) is 1. The quantitative estimate of drug-likeness (QED) is 0.455. The van der Waals surface area contributed by atoms with Crippen LogP contribution < -0.4 is 11.1 Å². The first-order valence-corrected chi connectivity index (χ1v) is 9.25. The van der Waals surface area contributed by atoms with Gasteiger partial charge in [0.1, 0.15) is 15.9 Å². The number of thioether (sulfide) groups is 1. The van der Waals surface area contributed by atoms with Crippen molar-refractivity contribution in [1.29, 1.82) is 5.26 Å². The van der Waals surface area contributed by atoms with E-state index in [1.165, 1.54) is 11.8 Å². The van der Waals surface area contributed by atoms with Gasteiger partial charge in [0, 0.05) is 10.6 Å². The van der Waals surface area contributed by atoms with E-state index < -0.39 is 5.97 Å². The lowest BCUT2D eigenvalue weighted by atomic mass is 10.2. The third-order valence-electron chi connectivity index (χ3n) is 3.25. The van der Waals surface area contributed by atoms with Crippen molar-refractivity contribution in [2.75, 3.05) is 23.4 Å². The van der Waals surface area contributed by atoms with E-state index in [0.29, 0.717) is 21.1 Å². The Balaban J connectivity index is 2.10. The van der Waals surface area contributed by atoms with Crippen LogP contribution >= 0.6 is 23.1 Å². The van der Waals surface area contributed by atoms with Crippen LogP contribution in [-0.2, 0) is 9.53 Å². The SMILES string of the molecule is CCOC(=O)c1sc(NC(=O)CSc2ccccc2N)c(C#N)c1C. The Hall–Kier alpha value is -2.50. The summed E-state index contributed by atoms with van der Waals surface area (Å²) in [6, 6.07) is 9.30. The largest absolute Gasteiger partial charge is 0.462 e. The van der Waals surface area contributed by atoms with Crippen molar-refractivity contribution >= 4 is 45.7 Å². The van der Waals surface area contributed by atoms with Gasteiger partial charge in [-0.15, -0.1) is 23.1 Å². The van der Waals surface area contributed by atoms with Crippen LogP contribution in [0.4, 0.5) is 10.7 Å². The fraction of sp³-hybridized carbons (Fsp3) is 0.235. The predicted octanol–water partition coefficient (Wildman–Crippen LogP) is 3.42. The fourth-order valence-electron chi connectivity index (χ4n) is 2.05. The van der Waals surface area contributed by atoms with Gasteiger partial charge in [0.05, 0.1) is 17.9 Å². The number of para-hydroxylation sites is 1. The zero-order valence-electron chi connectivity index (χ0n) is 13.8. The van der Waals surface area contributed by atoms with Crippen molar-refractivity contribution in [3.8, 4) is 6.07 Å². The number of hydrogen-bond acceptors (Lipinski definition) is 7. The van der Waals surface area contributed by atoms with Crippen molar-refractivity contribution in [2.45, 2.75) is 18.7 Å². The second-order valence-corrected chi connectivity index (χ2v) is 7.01. The van der Waals surface area contributed by atoms with Gasteiger partial charge in [-0.3, -0.25) is 4.79 Å². The van der Waals surface area contributed by atoms with Crippen LogP contribution in [0.5, 0.6) is 0 Å². The number of ether oxygens (including phenoxy) is 1. The van der Waals surface area contributed by atoms with Gasteiger partial charge in [0.25, 0.3) is 0 Å². The number of carbonyl (C=O) groups is 2. The average Bonchev–Trinajstić information content (AvgIpc) is 2.90. The minimum atomic E-state index is -0.492. The van der Waals surface area contributed by atoms with E-state index in [4.69, 9.17) is 10.5 Å². The number of nitrogen functional groups attached to an aromatic ring is 1. The molecular formula is C17H17N3O3S2. The van der Waals surface area contributed by atoms with Crippen LogP contribution in [0.1, 0.15) is 27.7 Å². The van der Waals surface area contributed by atoms with Crippen LogP contribution in [0.25, 0.3) is 0 Å². The molecule has 0 unspecified atom stereocenters. The van der Waals surface area contributed by atoms with Crippen LogP contribution in [0.15, 0.2) is 29.2 Å². The van der Waals surface area contributed by atoms with Gasteiger partial charge in [-0.05, 0) is 31.5 Å². The summed E-state index contributed by atoms with van der Waals surface area (Å²) in [5, 5.41) is 12.4. The summed E-state index contributed by atoms with van der Waals surface area (Å²) in [4.78, 5) is 25.3. The van der Waals surface area contributed by atoms with Crippen molar-refractivity contribution < 1.29 is 14.3 Å². The average molecular weight is 375 g/mol. The maximum absolute atomic E-state index is 12.2. The smallest absolute Gasteiger partial charge is 0.348 e. The number of hydrogen-bond donors (Lipinski definition) is 2. The summed E-state index contributed by atoms with van der Waals surface area (Å²) in [6.07, 6.45) is 0. The van der Waals surface area contributed by atoms with E-state index in [9.17, 15) is 14.9 Å². The number of thiophene rings is 1. The third-order valence-corrected chi connectivity index (χ3v) is 5.53. The van der Waals surface area contributed by atoms with Gasteiger partial charge < -0.3 is 15.8 Å². The molecule has 0 aliphatic rings. The van der Waals surface area contributed by atoms with Crippen LogP contribution in [0, 0.1) is 18.3 Å². The summed E-state index contributed by atoms with van der Waals surface area (Å²) in [7, 11) is 0. The van der Waals surface area contributed by atoms with Gasteiger partial charge in [0.15, 0.2) is 0 Å². The number of nitrogens with zero attached hydrogens (tertiary/aromatic N) is 1. The van der Waals surface area contributed by atoms with E-state index in [1.807, 2.05) is 24.3 Å². The number of nitrogens with one attached hydrogen (secondary N) is 1. The molecule has 1 aromatic carbocycles. The molecule has 130 valence electrons. The summed E-state index contributed by atoms with van der Waals surface area (Å²) in [6.45, 7) is 3.62. The number of esters is 1. The van der Waals surface area contributed by atoms with Gasteiger partial charge in [-0.2, -0.15) is 5.26 Å². The normalized spacial score (nSPS) is 10.1. The number of benzene rings is 1. The lowest BCUT2D eigenvalue weighted by Crippen LogP contribution is -2.14. The molecule has 1 heterocycles. The van der Waals surface area contributed by atoms with E-state index in [2.05, 4.69) is 5.32 Å². The lowest BCUT2D eigenvalue weighted by molar-refractivity contribution is -0.113. The number of anilines is 2. The molecule has 6 nitrogen and oxygen atoms in total. The molecule has 0 aliphatic heterocycles. The minimum Gasteiger partial charge on any atom is -0.462 e. The van der Waals surface area contributed by atoms with Gasteiger partial charge in [-0.1, -0.05) is 12.1 Å². The topological polar surface area (TPSA) is 105 Å². The van der Waals surface area contributed by atoms with Crippen molar-refractivity contribution in [3.05, 3.63) is 40.3 Å². The highest BCUT2D eigenvalue weighted by atomic mass is 32.2. The highest BCUT2D eigenvalue weighted by Gasteiger charge is 2.22. The first kappa shape index (κ1) is 18.8. The lowest BCUT2D eigenvalue weighted by Gasteiger charge is -2.05. The van der Waals surface area contributed by atoms with Crippen LogP contribution in [0.3, 0.4) is 0 Å². The van der Waals surface area contributed by atoms with Crippen molar-refractivity contribution in [3.63, 3.8) is 0 Å². The number of carbonyl (C=O) groups excluding carboxylic acids is 2. The Morgan fingerprint density at radius 2 is 2.12 bits per heavy atom.